The molecule has 1 aliphatic rings. The second kappa shape index (κ2) is 3.29. The van der Waals surface area contributed by atoms with E-state index in [1.807, 2.05) is 0 Å². The van der Waals surface area contributed by atoms with Gasteiger partial charge in [0.1, 0.15) is 6.04 Å². The maximum Gasteiger partial charge on any atom is 0.405 e. The molecule has 13 heavy (non-hydrogen) atoms. The van der Waals surface area contributed by atoms with Gasteiger partial charge in [-0.25, -0.2) is 0 Å². The highest BCUT2D eigenvalue weighted by molar-refractivity contribution is 8.11. The molecule has 1 atom stereocenters. The van der Waals surface area contributed by atoms with Gasteiger partial charge in [0.15, 0.2) is 0 Å². The van der Waals surface area contributed by atoms with Gasteiger partial charge in [-0.2, -0.15) is 25.9 Å². The van der Waals surface area contributed by atoms with Crippen LogP contribution in [0.25, 0.3) is 0 Å². The van der Waals surface area contributed by atoms with E-state index >= 15 is 0 Å². The van der Waals surface area contributed by atoms with Crippen molar-refractivity contribution in [3.05, 3.63) is 0 Å². The molecule has 1 fully saturated rings. The van der Waals surface area contributed by atoms with Gasteiger partial charge in [0.05, 0.1) is 0 Å². The molecule has 0 N–H and O–H groups in total. The Morgan fingerprint density at radius 2 is 1.92 bits per heavy atom. The second-order valence-electron chi connectivity index (χ2n) is 2.75. The number of halogens is 4. The normalized spacial score (nSPS) is 26.6. The minimum absolute atomic E-state index is 0.157. The van der Waals surface area contributed by atoms with Crippen LogP contribution in [0, 0.1) is 0 Å². The van der Waals surface area contributed by atoms with Crippen LogP contribution in [0.3, 0.4) is 0 Å². The summed E-state index contributed by atoms with van der Waals surface area (Å²) in [7, 11) is 0.589. The van der Waals surface area contributed by atoms with Crippen molar-refractivity contribution in [1.82, 2.24) is 4.31 Å². The van der Waals surface area contributed by atoms with E-state index in [2.05, 4.69) is 0 Å². The molecule has 0 aliphatic carbocycles. The van der Waals surface area contributed by atoms with Crippen LogP contribution in [0.5, 0.6) is 0 Å². The smallest absolute Gasteiger partial charge is 0.195 e. The number of hydrogen-bond acceptors (Lipinski definition) is 2. The molecule has 0 radical (unpaired) electrons. The highest BCUT2D eigenvalue weighted by Gasteiger charge is 2.49. The van der Waals surface area contributed by atoms with Gasteiger partial charge in [0.25, 0.3) is 9.24 Å². The van der Waals surface area contributed by atoms with Crippen molar-refractivity contribution in [3.8, 4) is 0 Å². The van der Waals surface area contributed by atoms with Crippen LogP contribution in [-0.2, 0) is 9.24 Å². The standard InChI is InChI=1S/C5H7ClF3NO2S/c6-13(11,12)10-3-1-2-4(10)5(7,8)9/h4H,1-3H2. The van der Waals surface area contributed by atoms with Crippen molar-refractivity contribution in [2.24, 2.45) is 0 Å². The summed E-state index contributed by atoms with van der Waals surface area (Å²) < 4.78 is 58.2. The maximum absolute atomic E-state index is 12.2. The average Bonchev–Trinajstić information content (AvgIpc) is 2.27. The van der Waals surface area contributed by atoms with Crippen LogP contribution in [0.1, 0.15) is 12.8 Å². The van der Waals surface area contributed by atoms with Gasteiger partial charge in [0, 0.05) is 17.2 Å². The van der Waals surface area contributed by atoms with Crippen LogP contribution in [0.15, 0.2) is 0 Å². The largest absolute Gasteiger partial charge is 0.405 e. The van der Waals surface area contributed by atoms with Crippen molar-refractivity contribution >= 4 is 19.9 Å². The highest BCUT2D eigenvalue weighted by Crippen LogP contribution is 2.35. The van der Waals surface area contributed by atoms with Gasteiger partial charge in [-0.3, -0.25) is 0 Å². The predicted octanol–water partition coefficient (Wildman–Crippen LogP) is 1.50. The number of alkyl halides is 3. The molecule has 0 amide bonds. The first kappa shape index (κ1) is 11.1. The van der Waals surface area contributed by atoms with Crippen molar-refractivity contribution < 1.29 is 21.6 Å². The molecular formula is C5H7ClF3NO2S. The number of hydrogen-bond donors (Lipinski definition) is 0. The van der Waals surface area contributed by atoms with Crippen LogP contribution in [0.2, 0.25) is 0 Å². The summed E-state index contributed by atoms with van der Waals surface area (Å²) in [5.74, 6) is 0. The monoisotopic (exact) mass is 237 g/mol. The minimum atomic E-state index is -4.53. The van der Waals surface area contributed by atoms with Gasteiger partial charge in [-0.05, 0) is 12.8 Å². The molecular weight excluding hydrogens is 231 g/mol. The lowest BCUT2D eigenvalue weighted by molar-refractivity contribution is -0.164. The van der Waals surface area contributed by atoms with Crippen molar-refractivity contribution in [3.63, 3.8) is 0 Å². The average molecular weight is 238 g/mol. The van der Waals surface area contributed by atoms with E-state index in [1.165, 1.54) is 0 Å². The third-order valence-electron chi connectivity index (χ3n) is 1.86. The SMILES string of the molecule is O=S(=O)(Cl)N1CCCC1C(F)(F)F. The lowest BCUT2D eigenvalue weighted by Gasteiger charge is -2.22. The van der Waals surface area contributed by atoms with Crippen LogP contribution < -0.4 is 0 Å². The molecule has 1 unspecified atom stereocenters. The molecule has 1 saturated heterocycles. The molecule has 1 aliphatic heterocycles. The summed E-state index contributed by atoms with van der Waals surface area (Å²) in [6.45, 7) is -0.157. The molecule has 0 aromatic heterocycles. The molecule has 0 saturated carbocycles. The minimum Gasteiger partial charge on any atom is -0.195 e. The molecule has 78 valence electrons. The summed E-state index contributed by atoms with van der Waals surface area (Å²) in [5.41, 5.74) is 0. The fraction of sp³-hybridized carbons (Fsp3) is 1.00. The molecule has 0 aromatic rings. The fourth-order valence-electron chi connectivity index (χ4n) is 1.33. The molecule has 1 heterocycles. The first-order valence-electron chi connectivity index (χ1n) is 3.51. The predicted molar refractivity (Wildman–Crippen MR) is 40.6 cm³/mol. The van der Waals surface area contributed by atoms with E-state index in [0.29, 0.717) is 0 Å². The van der Waals surface area contributed by atoms with E-state index in [4.69, 9.17) is 10.7 Å². The second-order valence-corrected chi connectivity index (χ2v) is 5.22. The highest BCUT2D eigenvalue weighted by atomic mass is 35.7. The van der Waals surface area contributed by atoms with Gasteiger partial charge >= 0.3 is 6.18 Å². The summed E-state index contributed by atoms with van der Waals surface area (Å²) >= 11 is 0. The van der Waals surface area contributed by atoms with Crippen molar-refractivity contribution in [2.75, 3.05) is 6.54 Å². The van der Waals surface area contributed by atoms with E-state index in [9.17, 15) is 21.6 Å². The molecule has 1 rings (SSSR count). The van der Waals surface area contributed by atoms with Crippen molar-refractivity contribution in [1.29, 1.82) is 0 Å². The van der Waals surface area contributed by atoms with Crippen molar-refractivity contribution in [2.45, 2.75) is 25.1 Å². The zero-order chi connectivity index (χ0) is 10.3. The first-order valence-corrected chi connectivity index (χ1v) is 5.77. The van der Waals surface area contributed by atoms with Gasteiger partial charge in [0.2, 0.25) is 0 Å². The maximum atomic E-state index is 12.2. The Labute approximate surface area is 78.0 Å². The Morgan fingerprint density at radius 3 is 2.23 bits per heavy atom. The zero-order valence-electron chi connectivity index (χ0n) is 6.38. The van der Waals surface area contributed by atoms with Crippen LogP contribution in [-0.4, -0.2) is 31.5 Å². The van der Waals surface area contributed by atoms with E-state index in [0.717, 1.165) is 0 Å². The third kappa shape index (κ3) is 2.47. The molecule has 3 nitrogen and oxygen atoms in total. The first-order chi connectivity index (χ1) is 5.73. The van der Waals surface area contributed by atoms with Gasteiger partial charge in [-0.1, -0.05) is 0 Å². The van der Waals surface area contributed by atoms with E-state index in [1.54, 1.807) is 0 Å². The lowest BCUT2D eigenvalue weighted by Crippen LogP contribution is -2.42. The zero-order valence-corrected chi connectivity index (χ0v) is 7.95. The topological polar surface area (TPSA) is 37.4 Å². The van der Waals surface area contributed by atoms with E-state index in [-0.39, 0.29) is 23.7 Å². The van der Waals surface area contributed by atoms with Crippen LogP contribution in [0.4, 0.5) is 13.2 Å². The summed E-state index contributed by atoms with van der Waals surface area (Å²) in [6, 6.07) is -1.95. The van der Waals surface area contributed by atoms with Crippen LogP contribution >= 0.6 is 10.7 Å². The Balaban J connectivity index is 2.89. The molecule has 0 aromatic carbocycles. The molecule has 0 bridgehead atoms. The lowest BCUT2D eigenvalue weighted by atomic mass is 10.2. The van der Waals surface area contributed by atoms with Gasteiger partial charge < -0.3 is 0 Å². The Morgan fingerprint density at radius 1 is 1.38 bits per heavy atom. The summed E-state index contributed by atoms with van der Waals surface area (Å²) in [6.07, 6.45) is -4.55. The quantitative estimate of drug-likeness (QED) is 0.648. The summed E-state index contributed by atoms with van der Waals surface area (Å²) in [4.78, 5) is 0. The summed E-state index contributed by atoms with van der Waals surface area (Å²) in [5, 5.41) is 0. The number of nitrogens with zero attached hydrogens (tertiary/aromatic N) is 1. The Hall–Kier alpha value is -0.0100. The number of rotatable bonds is 1. The Kier molecular flexibility index (Phi) is 2.80. The Bertz CT molecular complexity index is 289. The fourth-order valence-corrected chi connectivity index (χ4v) is 2.70. The van der Waals surface area contributed by atoms with Gasteiger partial charge in [-0.15, -0.1) is 0 Å². The molecule has 0 spiro atoms. The third-order valence-corrected chi connectivity index (χ3v) is 3.39. The van der Waals surface area contributed by atoms with E-state index < -0.39 is 21.5 Å². The molecule has 8 heteroatoms.